The van der Waals surface area contributed by atoms with Gasteiger partial charge >= 0.3 is 5.97 Å². The average molecular weight is 390 g/mol. The predicted octanol–water partition coefficient (Wildman–Crippen LogP) is 0.959. The van der Waals surface area contributed by atoms with Crippen LogP contribution >= 0.6 is 0 Å². The Bertz CT molecular complexity index is 712. The first-order valence-electron chi connectivity index (χ1n) is 9.17. The Morgan fingerprint density at radius 1 is 1.21 bits per heavy atom. The van der Waals surface area contributed by atoms with Gasteiger partial charge < -0.3 is 24.0 Å². The molecule has 1 heterocycles. The lowest BCUT2D eigenvalue weighted by Gasteiger charge is -2.28. The van der Waals surface area contributed by atoms with Gasteiger partial charge in [0.05, 0.1) is 26.4 Å². The molecule has 0 unspecified atom stereocenters. The van der Waals surface area contributed by atoms with Crippen molar-refractivity contribution >= 4 is 23.9 Å². The van der Waals surface area contributed by atoms with Crippen LogP contribution in [0.3, 0.4) is 0 Å². The summed E-state index contributed by atoms with van der Waals surface area (Å²) in [6, 6.07) is 7.29. The van der Waals surface area contributed by atoms with Gasteiger partial charge in [0, 0.05) is 31.8 Å². The van der Waals surface area contributed by atoms with E-state index in [0.29, 0.717) is 38.7 Å². The molecule has 0 aromatic heterocycles. The van der Waals surface area contributed by atoms with E-state index in [2.05, 4.69) is 0 Å². The highest BCUT2D eigenvalue weighted by atomic mass is 16.5. The highest BCUT2D eigenvalue weighted by Gasteiger charge is 2.20. The summed E-state index contributed by atoms with van der Waals surface area (Å²) >= 11 is 0. The molecule has 8 heteroatoms. The Labute approximate surface area is 164 Å². The van der Waals surface area contributed by atoms with Crippen molar-refractivity contribution in [1.82, 2.24) is 9.80 Å². The van der Waals surface area contributed by atoms with E-state index in [1.807, 2.05) is 25.1 Å². The van der Waals surface area contributed by atoms with E-state index < -0.39 is 18.5 Å². The molecule has 0 saturated carbocycles. The third-order valence-corrected chi connectivity index (χ3v) is 4.12. The summed E-state index contributed by atoms with van der Waals surface area (Å²) in [4.78, 5) is 39.0. The van der Waals surface area contributed by atoms with Crippen molar-refractivity contribution in [2.75, 3.05) is 53.1 Å². The third kappa shape index (κ3) is 6.70. The Morgan fingerprint density at radius 2 is 1.93 bits per heavy atom. The Kier molecular flexibility index (Phi) is 8.48. The zero-order chi connectivity index (χ0) is 20.4. The molecule has 0 bridgehead atoms. The fourth-order valence-corrected chi connectivity index (χ4v) is 2.56. The van der Waals surface area contributed by atoms with E-state index in [0.717, 1.165) is 5.56 Å². The maximum Gasteiger partial charge on any atom is 0.331 e. The number of benzene rings is 1. The van der Waals surface area contributed by atoms with Crippen LogP contribution in [0.25, 0.3) is 6.08 Å². The third-order valence-electron chi connectivity index (χ3n) is 4.12. The zero-order valence-corrected chi connectivity index (χ0v) is 16.3. The van der Waals surface area contributed by atoms with E-state index in [1.165, 1.54) is 18.0 Å². The molecule has 1 saturated heterocycles. The van der Waals surface area contributed by atoms with Gasteiger partial charge in [-0.1, -0.05) is 18.2 Å². The van der Waals surface area contributed by atoms with Crippen LogP contribution < -0.4 is 4.74 Å². The van der Waals surface area contributed by atoms with Gasteiger partial charge in [-0.05, 0) is 19.1 Å². The normalized spacial score (nSPS) is 14.0. The summed E-state index contributed by atoms with van der Waals surface area (Å²) < 4.78 is 15.6. The Balaban J connectivity index is 1.78. The molecule has 2 amide bonds. The molecular weight excluding hydrogens is 364 g/mol. The van der Waals surface area contributed by atoms with E-state index in [1.54, 1.807) is 17.0 Å². The van der Waals surface area contributed by atoms with Crippen LogP contribution in [0.15, 0.2) is 30.3 Å². The lowest BCUT2D eigenvalue weighted by atomic mass is 10.2. The molecule has 0 spiro atoms. The smallest absolute Gasteiger partial charge is 0.331 e. The molecule has 0 atom stereocenters. The number of para-hydroxylation sites is 1. The second-order valence-electron chi connectivity index (χ2n) is 6.15. The Morgan fingerprint density at radius 3 is 2.64 bits per heavy atom. The lowest BCUT2D eigenvalue weighted by Crippen LogP contribution is -2.46. The monoisotopic (exact) mass is 390 g/mol. The van der Waals surface area contributed by atoms with Gasteiger partial charge in [0.15, 0.2) is 6.61 Å². The molecule has 1 aliphatic heterocycles. The van der Waals surface area contributed by atoms with Crippen molar-refractivity contribution < 1.29 is 28.6 Å². The van der Waals surface area contributed by atoms with Crippen molar-refractivity contribution in [2.45, 2.75) is 6.92 Å². The molecule has 1 aromatic rings. The highest BCUT2D eigenvalue weighted by molar-refractivity contribution is 5.90. The molecule has 0 N–H and O–H groups in total. The van der Waals surface area contributed by atoms with Crippen LogP contribution in [0.1, 0.15) is 12.5 Å². The summed E-state index contributed by atoms with van der Waals surface area (Å²) in [5.41, 5.74) is 0.737. The molecule has 8 nitrogen and oxygen atoms in total. The molecule has 1 aromatic carbocycles. The van der Waals surface area contributed by atoms with Crippen LogP contribution in [0.5, 0.6) is 5.75 Å². The summed E-state index contributed by atoms with van der Waals surface area (Å²) in [5.74, 6) is -0.588. The number of nitrogens with zero attached hydrogens (tertiary/aromatic N) is 2. The molecule has 2 rings (SSSR count). The van der Waals surface area contributed by atoms with Gasteiger partial charge in [-0.2, -0.15) is 0 Å². The number of esters is 1. The topological polar surface area (TPSA) is 85.4 Å². The minimum absolute atomic E-state index is 0.0616. The zero-order valence-electron chi connectivity index (χ0n) is 16.3. The fourth-order valence-electron chi connectivity index (χ4n) is 2.56. The lowest BCUT2D eigenvalue weighted by molar-refractivity contribution is -0.149. The second kappa shape index (κ2) is 11.1. The number of hydrogen-bond acceptors (Lipinski definition) is 6. The molecular formula is C20H26N2O6. The number of likely N-dealkylation sites (N-methyl/N-ethyl adjacent to an activating group) is 1. The van der Waals surface area contributed by atoms with Crippen molar-refractivity contribution in [2.24, 2.45) is 0 Å². The first-order valence-corrected chi connectivity index (χ1v) is 9.17. The van der Waals surface area contributed by atoms with Crippen LogP contribution in [0.4, 0.5) is 0 Å². The number of amides is 2. The quantitative estimate of drug-likeness (QED) is 0.486. The summed E-state index contributed by atoms with van der Waals surface area (Å²) in [5, 5.41) is 0. The highest BCUT2D eigenvalue weighted by Crippen LogP contribution is 2.19. The minimum atomic E-state index is -0.646. The summed E-state index contributed by atoms with van der Waals surface area (Å²) in [6.45, 7) is 3.93. The second-order valence-corrected chi connectivity index (χ2v) is 6.15. The first-order chi connectivity index (χ1) is 13.5. The number of carbonyl (C=O) groups excluding carboxylic acids is 3. The van der Waals surface area contributed by atoms with Crippen LogP contribution in [0, 0.1) is 0 Å². The number of ether oxygens (including phenoxy) is 3. The standard InChI is InChI=1S/C20H26N2O6/c1-3-27-17-7-5-4-6-16(17)8-9-20(25)28-15-19(24)21(2)14-18(23)22-10-12-26-13-11-22/h4-9H,3,10-15H2,1-2H3/b9-8+. The predicted molar refractivity (Wildman–Crippen MR) is 103 cm³/mol. The van der Waals surface area contributed by atoms with Crippen molar-refractivity contribution in [3.63, 3.8) is 0 Å². The van der Waals surface area contributed by atoms with Crippen molar-refractivity contribution in [3.8, 4) is 5.75 Å². The number of morpholine rings is 1. The minimum Gasteiger partial charge on any atom is -0.493 e. The van der Waals surface area contributed by atoms with Crippen molar-refractivity contribution in [1.29, 1.82) is 0 Å². The first kappa shape index (κ1) is 21.4. The molecule has 0 aliphatic carbocycles. The summed E-state index contributed by atoms with van der Waals surface area (Å²) in [6.07, 6.45) is 2.81. The molecule has 152 valence electrons. The molecule has 1 fully saturated rings. The molecule has 28 heavy (non-hydrogen) atoms. The van der Waals surface area contributed by atoms with E-state index >= 15 is 0 Å². The fraction of sp³-hybridized carbons (Fsp3) is 0.450. The van der Waals surface area contributed by atoms with E-state index in [4.69, 9.17) is 14.2 Å². The van der Waals surface area contributed by atoms with Gasteiger partial charge in [-0.15, -0.1) is 0 Å². The van der Waals surface area contributed by atoms with E-state index in [-0.39, 0.29) is 12.5 Å². The van der Waals surface area contributed by atoms with Crippen LogP contribution in [-0.4, -0.2) is 80.7 Å². The van der Waals surface area contributed by atoms with Crippen LogP contribution in [-0.2, 0) is 23.9 Å². The number of rotatable bonds is 8. The summed E-state index contributed by atoms with van der Waals surface area (Å²) in [7, 11) is 1.50. The average Bonchev–Trinajstić information content (AvgIpc) is 2.72. The van der Waals surface area contributed by atoms with Gasteiger partial charge in [-0.3, -0.25) is 9.59 Å². The SMILES string of the molecule is CCOc1ccccc1/C=C/C(=O)OCC(=O)N(C)CC(=O)N1CCOCC1. The molecule has 1 aliphatic rings. The maximum absolute atomic E-state index is 12.1. The van der Waals surface area contributed by atoms with E-state index in [9.17, 15) is 14.4 Å². The van der Waals surface area contributed by atoms with Gasteiger partial charge in [0.2, 0.25) is 5.91 Å². The largest absolute Gasteiger partial charge is 0.493 e. The number of hydrogen-bond donors (Lipinski definition) is 0. The Hall–Kier alpha value is -2.87. The van der Waals surface area contributed by atoms with Gasteiger partial charge in [-0.25, -0.2) is 4.79 Å². The van der Waals surface area contributed by atoms with Gasteiger partial charge in [0.1, 0.15) is 5.75 Å². The van der Waals surface area contributed by atoms with Crippen LogP contribution in [0.2, 0.25) is 0 Å². The van der Waals surface area contributed by atoms with Gasteiger partial charge in [0.25, 0.3) is 5.91 Å². The van der Waals surface area contributed by atoms with Crippen molar-refractivity contribution in [3.05, 3.63) is 35.9 Å². The molecule has 0 radical (unpaired) electrons. The number of carbonyl (C=O) groups is 3. The maximum atomic E-state index is 12.1.